The summed E-state index contributed by atoms with van der Waals surface area (Å²) in [7, 11) is -1.08. The first kappa shape index (κ1) is 23.1. The van der Waals surface area contributed by atoms with Gasteiger partial charge in [-0.15, -0.1) is 0 Å². The molecule has 1 unspecified atom stereocenters. The van der Waals surface area contributed by atoms with Crippen LogP contribution >= 0.6 is 0 Å². The summed E-state index contributed by atoms with van der Waals surface area (Å²) in [5, 5.41) is 2.50. The second kappa shape index (κ2) is 9.27. The first-order valence-corrected chi connectivity index (χ1v) is 11.1. The summed E-state index contributed by atoms with van der Waals surface area (Å²) in [5.74, 6) is -1.05. The number of imide groups is 1. The lowest BCUT2D eigenvalue weighted by Crippen LogP contribution is -2.41. The van der Waals surface area contributed by atoms with Crippen LogP contribution in [0, 0.1) is 0 Å². The molecular weight excluding hydrogens is 438 g/mol. The van der Waals surface area contributed by atoms with Crippen molar-refractivity contribution in [3.63, 3.8) is 0 Å². The summed E-state index contributed by atoms with van der Waals surface area (Å²) >= 11 is 0. The summed E-state index contributed by atoms with van der Waals surface area (Å²) in [4.78, 5) is 37.2. The fourth-order valence-corrected chi connectivity index (χ4v) is 4.33. The number of ether oxygens (including phenoxy) is 2. The van der Waals surface area contributed by atoms with Gasteiger partial charge in [-0.1, -0.05) is 12.1 Å². The molecule has 1 fully saturated rings. The van der Waals surface area contributed by atoms with E-state index in [1.807, 2.05) is 0 Å². The Balaban J connectivity index is 1.73. The average Bonchev–Trinajstić information content (AvgIpc) is 3.23. The molecule has 1 N–H and O–H groups in total. The number of benzene rings is 2. The van der Waals surface area contributed by atoms with Crippen LogP contribution in [-0.4, -0.2) is 64.6 Å². The van der Waals surface area contributed by atoms with Gasteiger partial charge in [-0.25, -0.2) is 18.0 Å². The number of nitrogens with one attached hydrogen (secondary N) is 1. The maximum atomic E-state index is 13.0. The van der Waals surface area contributed by atoms with Gasteiger partial charge in [0, 0.05) is 20.1 Å². The van der Waals surface area contributed by atoms with E-state index < -0.39 is 34.0 Å². The summed E-state index contributed by atoms with van der Waals surface area (Å²) in [5.41, 5.74) is 0.422. The molecule has 3 rings (SSSR count). The summed E-state index contributed by atoms with van der Waals surface area (Å²) in [6.07, 6.45) is -1.17. The van der Waals surface area contributed by atoms with Crippen molar-refractivity contribution in [2.24, 2.45) is 0 Å². The zero-order chi connectivity index (χ0) is 23.5. The Morgan fingerprint density at radius 2 is 1.78 bits per heavy atom. The minimum Gasteiger partial charge on any atom is -0.495 e. The Hall–Kier alpha value is -3.60. The Morgan fingerprint density at radius 1 is 1.12 bits per heavy atom. The van der Waals surface area contributed by atoms with Gasteiger partial charge in [0.05, 0.1) is 23.3 Å². The monoisotopic (exact) mass is 461 g/mol. The van der Waals surface area contributed by atoms with E-state index in [4.69, 9.17) is 9.47 Å². The molecule has 2 aromatic rings. The van der Waals surface area contributed by atoms with Gasteiger partial charge in [0.15, 0.2) is 6.10 Å². The molecule has 1 saturated heterocycles. The van der Waals surface area contributed by atoms with E-state index in [0.717, 1.165) is 9.21 Å². The molecule has 32 heavy (non-hydrogen) atoms. The predicted octanol–water partition coefficient (Wildman–Crippen LogP) is 1.62. The summed E-state index contributed by atoms with van der Waals surface area (Å²) in [6, 6.07) is 11.3. The van der Waals surface area contributed by atoms with Crippen LogP contribution in [-0.2, 0) is 19.6 Å². The molecule has 0 radical (unpaired) electrons. The molecule has 11 heteroatoms. The molecule has 10 nitrogen and oxygen atoms in total. The van der Waals surface area contributed by atoms with Gasteiger partial charge in [-0.05, 0) is 43.3 Å². The van der Waals surface area contributed by atoms with E-state index in [-0.39, 0.29) is 17.0 Å². The quantitative estimate of drug-likeness (QED) is 0.622. The molecule has 0 saturated carbocycles. The van der Waals surface area contributed by atoms with E-state index in [9.17, 15) is 22.8 Å². The van der Waals surface area contributed by atoms with Gasteiger partial charge >= 0.3 is 12.0 Å². The Bertz CT molecular complexity index is 1130. The number of methoxy groups -OCH3 is 1. The molecule has 0 aromatic heterocycles. The van der Waals surface area contributed by atoms with Crippen LogP contribution in [0.15, 0.2) is 53.4 Å². The van der Waals surface area contributed by atoms with Crippen molar-refractivity contribution in [2.75, 3.05) is 31.6 Å². The number of urea groups is 1. The van der Waals surface area contributed by atoms with Gasteiger partial charge in [0.1, 0.15) is 5.75 Å². The predicted molar refractivity (Wildman–Crippen MR) is 115 cm³/mol. The lowest BCUT2D eigenvalue weighted by atomic mass is 10.2. The van der Waals surface area contributed by atoms with Crippen molar-refractivity contribution >= 4 is 33.6 Å². The second-order valence-corrected chi connectivity index (χ2v) is 8.91. The Kier molecular flexibility index (Phi) is 6.68. The van der Waals surface area contributed by atoms with Crippen LogP contribution in [0.5, 0.6) is 5.75 Å². The highest BCUT2D eigenvalue weighted by atomic mass is 32.2. The maximum Gasteiger partial charge on any atom is 0.338 e. The third-order valence-corrected chi connectivity index (χ3v) is 6.71. The largest absolute Gasteiger partial charge is 0.495 e. The lowest BCUT2D eigenvalue weighted by molar-refractivity contribution is -0.136. The molecule has 1 atom stereocenters. The lowest BCUT2D eigenvalue weighted by Gasteiger charge is -2.21. The van der Waals surface area contributed by atoms with Gasteiger partial charge in [-0.2, -0.15) is 0 Å². The minimum absolute atomic E-state index is 0.0414. The molecule has 3 amide bonds. The molecule has 2 aromatic carbocycles. The molecule has 0 bridgehead atoms. The molecule has 1 aliphatic rings. The van der Waals surface area contributed by atoms with E-state index in [0.29, 0.717) is 18.0 Å². The molecular formula is C21H23N3O7S. The zero-order valence-corrected chi connectivity index (χ0v) is 18.6. The normalized spacial score (nSPS) is 14.5. The number of anilines is 1. The number of carbonyl (C=O) groups is 3. The topological polar surface area (TPSA) is 122 Å². The van der Waals surface area contributed by atoms with Gasteiger partial charge in [0.25, 0.3) is 15.9 Å². The summed E-state index contributed by atoms with van der Waals surface area (Å²) in [6.45, 7) is 1.91. The fourth-order valence-electron chi connectivity index (χ4n) is 3.12. The van der Waals surface area contributed by atoms with Crippen LogP contribution < -0.4 is 14.4 Å². The van der Waals surface area contributed by atoms with Crippen molar-refractivity contribution < 1.29 is 32.3 Å². The minimum atomic E-state index is -3.92. The first-order valence-electron chi connectivity index (χ1n) is 9.69. The maximum absolute atomic E-state index is 13.0. The van der Waals surface area contributed by atoms with Gasteiger partial charge < -0.3 is 14.8 Å². The van der Waals surface area contributed by atoms with Crippen LogP contribution in [0.3, 0.4) is 0 Å². The SMILES string of the molecule is COc1ccccc1N(C)S(=O)(=O)c1ccc(C(=O)OC(C)C(=O)N2CCNC2=O)cc1. The number of sulfonamides is 1. The number of rotatable bonds is 7. The smallest absolute Gasteiger partial charge is 0.338 e. The number of esters is 1. The van der Waals surface area contributed by atoms with Crippen molar-refractivity contribution in [3.05, 3.63) is 54.1 Å². The van der Waals surface area contributed by atoms with E-state index in [1.54, 1.807) is 24.3 Å². The Morgan fingerprint density at radius 3 is 2.38 bits per heavy atom. The van der Waals surface area contributed by atoms with Crippen molar-refractivity contribution in [2.45, 2.75) is 17.9 Å². The van der Waals surface area contributed by atoms with Gasteiger partial charge in [-0.3, -0.25) is 14.0 Å². The summed E-state index contributed by atoms with van der Waals surface area (Å²) < 4.78 is 37.4. The van der Waals surface area contributed by atoms with Crippen molar-refractivity contribution in [1.29, 1.82) is 0 Å². The molecule has 0 aliphatic carbocycles. The van der Waals surface area contributed by atoms with Crippen molar-refractivity contribution in [1.82, 2.24) is 10.2 Å². The second-order valence-electron chi connectivity index (χ2n) is 6.94. The van der Waals surface area contributed by atoms with Crippen LogP contribution in [0.1, 0.15) is 17.3 Å². The number of para-hydroxylation sites is 2. The average molecular weight is 461 g/mol. The van der Waals surface area contributed by atoms with E-state index >= 15 is 0 Å². The third kappa shape index (κ3) is 4.52. The van der Waals surface area contributed by atoms with Gasteiger partial charge in [0.2, 0.25) is 0 Å². The molecule has 0 spiro atoms. The van der Waals surface area contributed by atoms with Crippen LogP contribution in [0.4, 0.5) is 10.5 Å². The Labute approximate surface area is 185 Å². The number of hydrogen-bond donors (Lipinski definition) is 1. The van der Waals surface area contributed by atoms with E-state index in [1.165, 1.54) is 45.3 Å². The number of nitrogens with zero attached hydrogens (tertiary/aromatic N) is 2. The van der Waals surface area contributed by atoms with Crippen LogP contribution in [0.2, 0.25) is 0 Å². The first-order chi connectivity index (χ1) is 15.2. The highest BCUT2D eigenvalue weighted by Gasteiger charge is 2.32. The number of hydrogen-bond acceptors (Lipinski definition) is 7. The highest BCUT2D eigenvalue weighted by molar-refractivity contribution is 7.92. The molecule has 1 aliphatic heterocycles. The fraction of sp³-hybridized carbons (Fsp3) is 0.286. The molecule has 1 heterocycles. The highest BCUT2D eigenvalue weighted by Crippen LogP contribution is 2.30. The number of amides is 3. The standard InChI is InChI=1S/C21H23N3O7S/c1-14(19(25)24-13-12-22-21(24)27)31-20(26)15-8-10-16(11-9-15)32(28,29)23(2)17-6-4-5-7-18(17)30-3/h4-11,14H,12-13H2,1-3H3,(H,22,27). The van der Waals surface area contributed by atoms with Crippen molar-refractivity contribution in [3.8, 4) is 5.75 Å². The van der Waals surface area contributed by atoms with Crippen LogP contribution in [0.25, 0.3) is 0 Å². The third-order valence-electron chi connectivity index (χ3n) is 4.93. The number of carbonyl (C=O) groups excluding carboxylic acids is 3. The van der Waals surface area contributed by atoms with E-state index in [2.05, 4.69) is 5.32 Å². The zero-order valence-electron chi connectivity index (χ0n) is 17.8. The molecule has 170 valence electrons.